The minimum Gasteiger partial charge on any atom is -0.760 e. The van der Waals surface area contributed by atoms with Crippen LogP contribution < -0.4 is 10.6 Å². The van der Waals surface area contributed by atoms with E-state index in [0.29, 0.717) is 13.1 Å². The molecule has 0 aromatic carbocycles. The number of hydrogen-bond acceptors (Lipinski definition) is 7. The summed E-state index contributed by atoms with van der Waals surface area (Å²) in [4.78, 5) is 12.0. The molecule has 1 saturated heterocycles. The quantitative estimate of drug-likeness (QED) is 0.106. The van der Waals surface area contributed by atoms with E-state index in [2.05, 4.69) is 14.9 Å². The Morgan fingerprint density at radius 3 is 2.36 bits per heavy atom. The lowest BCUT2D eigenvalue weighted by Crippen LogP contribution is -2.51. The molecule has 1 aliphatic heterocycles. The zero-order valence-corrected chi connectivity index (χ0v) is 24.2. The molecule has 3 rings (SSSR count). The van der Waals surface area contributed by atoms with E-state index in [9.17, 15) is 8.76 Å². The van der Waals surface area contributed by atoms with Gasteiger partial charge in [0, 0.05) is 61.1 Å². The SMILES string of the molecule is N#CN=C(N)N(CCCCCCCCN(S(=O)[O-])C1(CCCN2CCOCC2)CCCCC1)c1ccncc1. The molecule has 2 aliphatic rings. The molecule has 218 valence electrons. The lowest BCUT2D eigenvalue weighted by atomic mass is 9.78. The van der Waals surface area contributed by atoms with Crippen molar-refractivity contribution >= 4 is 22.9 Å². The molecule has 2 N–H and O–H groups in total. The summed E-state index contributed by atoms with van der Waals surface area (Å²) in [5, 5.41) is 8.89. The molecule has 1 aromatic rings. The number of unbranched alkanes of at least 4 members (excludes halogenated alkanes) is 5. The van der Waals surface area contributed by atoms with Gasteiger partial charge in [-0.3, -0.25) is 14.1 Å². The Kier molecular flexibility index (Phi) is 14.2. The number of aliphatic imine (C=N–C) groups is 1. The van der Waals surface area contributed by atoms with Crippen molar-refractivity contribution in [2.45, 2.75) is 89.0 Å². The van der Waals surface area contributed by atoms with Gasteiger partial charge in [-0.15, -0.1) is 4.99 Å². The van der Waals surface area contributed by atoms with Gasteiger partial charge >= 0.3 is 0 Å². The number of nitriles is 1. The number of anilines is 1. The number of morpholine rings is 1. The maximum Gasteiger partial charge on any atom is 0.211 e. The Labute approximate surface area is 237 Å². The first-order valence-electron chi connectivity index (χ1n) is 14.6. The molecule has 0 bridgehead atoms. The van der Waals surface area contributed by atoms with Crippen LogP contribution in [0.15, 0.2) is 29.5 Å². The molecule has 1 saturated carbocycles. The second kappa shape index (κ2) is 17.6. The van der Waals surface area contributed by atoms with Crippen LogP contribution in [0.25, 0.3) is 0 Å². The smallest absolute Gasteiger partial charge is 0.211 e. The maximum absolute atomic E-state index is 12.4. The molecule has 11 heteroatoms. The number of nitrogens with two attached hydrogens (primary N) is 1. The van der Waals surface area contributed by atoms with Crippen molar-refractivity contribution in [3.63, 3.8) is 0 Å². The number of ether oxygens (including phenoxy) is 1. The molecular weight excluding hydrogens is 514 g/mol. The molecule has 0 spiro atoms. The van der Waals surface area contributed by atoms with Gasteiger partial charge in [0.15, 0.2) is 0 Å². The lowest BCUT2D eigenvalue weighted by Gasteiger charge is -2.47. The average Bonchev–Trinajstić information content (AvgIpc) is 2.95. The van der Waals surface area contributed by atoms with Gasteiger partial charge < -0.3 is 19.9 Å². The topological polar surface area (TPSA) is 134 Å². The zero-order valence-electron chi connectivity index (χ0n) is 23.3. The van der Waals surface area contributed by atoms with E-state index in [0.717, 1.165) is 116 Å². The van der Waals surface area contributed by atoms with Crippen LogP contribution in [0.1, 0.15) is 83.5 Å². The van der Waals surface area contributed by atoms with E-state index in [-0.39, 0.29) is 11.5 Å². The summed E-state index contributed by atoms with van der Waals surface area (Å²) in [6, 6.07) is 3.71. The van der Waals surface area contributed by atoms with Crippen LogP contribution >= 0.6 is 0 Å². The van der Waals surface area contributed by atoms with E-state index >= 15 is 0 Å². The van der Waals surface area contributed by atoms with Crippen LogP contribution in [-0.4, -0.2) is 80.4 Å². The molecular formula is C28H46N7O3S-. The third-order valence-electron chi connectivity index (χ3n) is 8.12. The predicted octanol–water partition coefficient (Wildman–Crippen LogP) is 3.94. The fourth-order valence-corrected chi connectivity index (χ4v) is 6.87. The fraction of sp³-hybridized carbons (Fsp3) is 0.750. The summed E-state index contributed by atoms with van der Waals surface area (Å²) in [5.41, 5.74) is 6.66. The van der Waals surface area contributed by atoms with Gasteiger partial charge in [-0.05, 0) is 57.2 Å². The van der Waals surface area contributed by atoms with Gasteiger partial charge in [0.1, 0.15) is 0 Å². The number of rotatable bonds is 16. The number of pyridine rings is 1. The Balaban J connectivity index is 1.40. The van der Waals surface area contributed by atoms with Crippen molar-refractivity contribution in [3.8, 4) is 6.19 Å². The highest BCUT2D eigenvalue weighted by atomic mass is 32.2. The molecule has 0 amide bonds. The van der Waals surface area contributed by atoms with E-state index in [1.807, 2.05) is 21.3 Å². The minimum absolute atomic E-state index is 0.191. The minimum atomic E-state index is -2.19. The molecule has 1 aliphatic carbocycles. The summed E-state index contributed by atoms with van der Waals surface area (Å²) in [6.45, 7) is 5.88. The third-order valence-corrected chi connectivity index (χ3v) is 9.05. The number of nitrogens with zero attached hydrogens (tertiary/aromatic N) is 6. The standard InChI is InChI=1S/C28H47N7O3S/c29-25-32-27(30)34(26-11-16-31-17-12-26)19-8-3-1-2-4-9-20-35(39(36)37)28(13-6-5-7-14-28)15-10-18-33-21-23-38-24-22-33/h11-12,16-17H,1-10,13-15,18-24H2,(H2,30,32)(H,36,37)/p-1. The first kappa shape index (κ1) is 31.4. The van der Waals surface area contributed by atoms with Crippen LogP contribution in [0.3, 0.4) is 0 Å². The largest absolute Gasteiger partial charge is 0.760 e. The molecule has 1 unspecified atom stereocenters. The summed E-state index contributed by atoms with van der Waals surface area (Å²) >= 11 is -2.19. The molecule has 1 atom stereocenters. The number of guanidine groups is 1. The van der Waals surface area contributed by atoms with Crippen LogP contribution in [0.5, 0.6) is 0 Å². The molecule has 2 heterocycles. The highest BCUT2D eigenvalue weighted by molar-refractivity contribution is 7.76. The first-order chi connectivity index (χ1) is 19.1. The van der Waals surface area contributed by atoms with Gasteiger partial charge in [-0.2, -0.15) is 5.26 Å². The van der Waals surface area contributed by atoms with E-state index in [1.165, 1.54) is 6.42 Å². The fourth-order valence-electron chi connectivity index (χ4n) is 6.00. The third kappa shape index (κ3) is 10.4. The molecule has 39 heavy (non-hydrogen) atoms. The van der Waals surface area contributed by atoms with Crippen molar-refractivity contribution in [2.24, 2.45) is 10.7 Å². The Morgan fingerprint density at radius 1 is 1.08 bits per heavy atom. The Morgan fingerprint density at radius 2 is 1.72 bits per heavy atom. The van der Waals surface area contributed by atoms with E-state index in [1.54, 1.807) is 18.6 Å². The zero-order chi connectivity index (χ0) is 27.8. The normalized spacial score (nSPS) is 19.1. The van der Waals surface area contributed by atoms with Crippen LogP contribution in [0.2, 0.25) is 0 Å². The Hall–Kier alpha value is -2.10. The molecule has 0 radical (unpaired) electrons. The Bertz CT molecular complexity index is 915. The van der Waals surface area contributed by atoms with Crippen molar-refractivity contribution in [2.75, 3.05) is 50.8 Å². The van der Waals surface area contributed by atoms with Crippen LogP contribution in [0, 0.1) is 11.5 Å². The molecule has 10 nitrogen and oxygen atoms in total. The summed E-state index contributed by atoms with van der Waals surface area (Å²) in [5.74, 6) is 0.191. The molecule has 1 aromatic heterocycles. The summed E-state index contributed by atoms with van der Waals surface area (Å²) < 4.78 is 32.1. The number of aromatic nitrogens is 1. The van der Waals surface area contributed by atoms with Crippen molar-refractivity contribution < 1.29 is 13.5 Å². The number of hydrogen-bond donors (Lipinski definition) is 1. The van der Waals surface area contributed by atoms with Crippen molar-refractivity contribution in [3.05, 3.63) is 24.5 Å². The predicted molar refractivity (Wildman–Crippen MR) is 154 cm³/mol. The van der Waals surface area contributed by atoms with Crippen LogP contribution in [-0.2, 0) is 16.0 Å². The summed E-state index contributed by atoms with van der Waals surface area (Å²) in [6.07, 6.45) is 18.6. The van der Waals surface area contributed by atoms with Gasteiger partial charge in [0.2, 0.25) is 12.2 Å². The lowest BCUT2D eigenvalue weighted by molar-refractivity contribution is 0.0333. The second-order valence-corrected chi connectivity index (χ2v) is 11.6. The van der Waals surface area contributed by atoms with Gasteiger partial charge in [-0.25, -0.2) is 4.31 Å². The van der Waals surface area contributed by atoms with Gasteiger partial charge in [-0.1, -0.05) is 44.9 Å². The maximum atomic E-state index is 12.4. The van der Waals surface area contributed by atoms with E-state index in [4.69, 9.17) is 15.7 Å². The average molecular weight is 561 g/mol. The summed E-state index contributed by atoms with van der Waals surface area (Å²) in [7, 11) is 0. The van der Waals surface area contributed by atoms with Crippen LogP contribution in [0.4, 0.5) is 5.69 Å². The highest BCUT2D eigenvalue weighted by Crippen LogP contribution is 2.38. The molecule has 2 fully saturated rings. The van der Waals surface area contributed by atoms with Gasteiger partial charge in [0.05, 0.1) is 13.2 Å². The second-order valence-electron chi connectivity index (χ2n) is 10.7. The van der Waals surface area contributed by atoms with E-state index < -0.39 is 11.3 Å². The first-order valence-corrected chi connectivity index (χ1v) is 15.7. The van der Waals surface area contributed by atoms with Crippen molar-refractivity contribution in [1.82, 2.24) is 14.2 Å². The van der Waals surface area contributed by atoms with Gasteiger partial charge in [0.25, 0.3) is 0 Å². The monoisotopic (exact) mass is 560 g/mol. The van der Waals surface area contributed by atoms with Crippen molar-refractivity contribution in [1.29, 1.82) is 5.26 Å². The highest BCUT2D eigenvalue weighted by Gasteiger charge is 2.38.